The quantitative estimate of drug-likeness (QED) is 0.907. The molecular weight excluding hydrogens is 315 g/mol. The van der Waals surface area contributed by atoms with Gasteiger partial charge in [0.2, 0.25) is 0 Å². The van der Waals surface area contributed by atoms with Crippen molar-refractivity contribution in [2.24, 2.45) is 0 Å². The number of piperazine rings is 1. The van der Waals surface area contributed by atoms with Crippen molar-refractivity contribution in [1.29, 1.82) is 0 Å². The van der Waals surface area contributed by atoms with E-state index in [4.69, 9.17) is 0 Å². The number of halogens is 1. The van der Waals surface area contributed by atoms with Crippen LogP contribution in [-0.2, 0) is 6.54 Å². The summed E-state index contributed by atoms with van der Waals surface area (Å²) < 4.78 is 13.3. The second kappa shape index (κ2) is 7.02. The first-order chi connectivity index (χ1) is 12.2. The van der Waals surface area contributed by atoms with Gasteiger partial charge in [0.15, 0.2) is 0 Å². The Kier molecular flexibility index (Phi) is 4.59. The van der Waals surface area contributed by atoms with Crippen LogP contribution in [0.15, 0.2) is 42.5 Å². The molecular formula is C20H25FN4. The van der Waals surface area contributed by atoms with Crippen LogP contribution in [-0.4, -0.2) is 51.2 Å². The van der Waals surface area contributed by atoms with Crippen molar-refractivity contribution in [1.82, 2.24) is 10.2 Å². The van der Waals surface area contributed by atoms with Gasteiger partial charge in [-0.15, -0.1) is 0 Å². The lowest BCUT2D eigenvalue weighted by Gasteiger charge is -2.31. The van der Waals surface area contributed by atoms with Crippen molar-refractivity contribution in [3.8, 4) is 0 Å². The molecule has 0 aliphatic carbocycles. The topological polar surface area (TPSA) is 21.8 Å². The Morgan fingerprint density at radius 1 is 0.880 bits per heavy atom. The zero-order chi connectivity index (χ0) is 17.2. The molecule has 2 aromatic rings. The molecule has 0 bridgehead atoms. The van der Waals surface area contributed by atoms with Gasteiger partial charge in [-0.05, 0) is 55.1 Å². The van der Waals surface area contributed by atoms with Crippen LogP contribution in [0, 0.1) is 5.82 Å². The first kappa shape index (κ1) is 16.4. The molecule has 2 heterocycles. The van der Waals surface area contributed by atoms with Crippen LogP contribution in [0.2, 0.25) is 0 Å². The summed E-state index contributed by atoms with van der Waals surface area (Å²) in [5.74, 6) is -0.190. The standard InChI is InChI=1S/C20H25FN4/c1-23-12-13-25(18-4-2-17(21)3-5-18)20-7-6-19(14-16(20)15-23)24-10-8-22-9-11-24/h2-7,14,22H,8-13,15H2,1H3. The van der Waals surface area contributed by atoms with Crippen molar-refractivity contribution in [3.63, 3.8) is 0 Å². The van der Waals surface area contributed by atoms with Crippen LogP contribution < -0.4 is 15.1 Å². The summed E-state index contributed by atoms with van der Waals surface area (Å²) in [4.78, 5) is 7.10. The lowest BCUT2D eigenvalue weighted by Crippen LogP contribution is -2.43. The number of nitrogens with zero attached hydrogens (tertiary/aromatic N) is 3. The number of anilines is 3. The highest BCUT2D eigenvalue weighted by molar-refractivity contribution is 5.70. The second-order valence-electron chi connectivity index (χ2n) is 6.92. The Balaban J connectivity index is 1.69. The van der Waals surface area contributed by atoms with Crippen molar-refractivity contribution in [3.05, 3.63) is 53.8 Å². The van der Waals surface area contributed by atoms with Crippen molar-refractivity contribution < 1.29 is 4.39 Å². The fraction of sp³-hybridized carbons (Fsp3) is 0.400. The molecule has 25 heavy (non-hydrogen) atoms. The van der Waals surface area contributed by atoms with Crippen LogP contribution in [0.1, 0.15) is 5.56 Å². The molecule has 0 spiro atoms. The highest BCUT2D eigenvalue weighted by Crippen LogP contribution is 2.34. The highest BCUT2D eigenvalue weighted by atomic mass is 19.1. The van der Waals surface area contributed by atoms with E-state index in [2.05, 4.69) is 45.3 Å². The van der Waals surface area contributed by atoms with E-state index in [0.29, 0.717) is 0 Å². The van der Waals surface area contributed by atoms with Crippen LogP contribution in [0.25, 0.3) is 0 Å². The molecule has 0 saturated carbocycles. The van der Waals surface area contributed by atoms with Crippen LogP contribution >= 0.6 is 0 Å². The minimum absolute atomic E-state index is 0.190. The van der Waals surface area contributed by atoms with Crippen LogP contribution in [0.4, 0.5) is 21.5 Å². The molecule has 0 unspecified atom stereocenters. The molecule has 2 aliphatic rings. The third kappa shape index (κ3) is 3.48. The van der Waals surface area contributed by atoms with Gasteiger partial charge in [-0.3, -0.25) is 0 Å². The van der Waals surface area contributed by atoms with E-state index in [1.165, 1.54) is 16.9 Å². The summed E-state index contributed by atoms with van der Waals surface area (Å²) in [5, 5.41) is 3.41. The van der Waals surface area contributed by atoms with E-state index in [1.807, 2.05) is 12.1 Å². The number of rotatable bonds is 2. The third-order valence-electron chi connectivity index (χ3n) is 5.12. The number of likely N-dealkylation sites (N-methyl/N-ethyl adjacent to an activating group) is 1. The predicted molar refractivity (Wildman–Crippen MR) is 101 cm³/mol. The SMILES string of the molecule is CN1CCN(c2ccc(F)cc2)c2ccc(N3CCNCC3)cc2C1. The molecule has 2 aliphatic heterocycles. The first-order valence-corrected chi connectivity index (χ1v) is 9.01. The number of nitrogens with one attached hydrogen (secondary N) is 1. The van der Waals surface area contributed by atoms with Gasteiger partial charge in [-0.25, -0.2) is 4.39 Å². The zero-order valence-electron chi connectivity index (χ0n) is 14.7. The van der Waals surface area contributed by atoms with E-state index >= 15 is 0 Å². The molecule has 5 heteroatoms. The van der Waals surface area contributed by atoms with Crippen molar-refractivity contribution in [2.75, 3.05) is 56.1 Å². The fourth-order valence-electron chi connectivity index (χ4n) is 3.73. The second-order valence-corrected chi connectivity index (χ2v) is 6.92. The maximum Gasteiger partial charge on any atom is 0.123 e. The summed E-state index contributed by atoms with van der Waals surface area (Å²) in [6.45, 7) is 7.01. The van der Waals surface area contributed by atoms with Crippen molar-refractivity contribution >= 4 is 17.1 Å². The van der Waals surface area contributed by atoms with E-state index in [0.717, 1.165) is 51.5 Å². The zero-order valence-corrected chi connectivity index (χ0v) is 14.7. The van der Waals surface area contributed by atoms with Gasteiger partial charge in [-0.2, -0.15) is 0 Å². The monoisotopic (exact) mass is 340 g/mol. The Labute approximate surface area is 148 Å². The Morgan fingerprint density at radius 2 is 1.60 bits per heavy atom. The first-order valence-electron chi connectivity index (χ1n) is 9.01. The summed E-state index contributed by atoms with van der Waals surface area (Å²) in [5.41, 5.74) is 4.91. The lowest BCUT2D eigenvalue weighted by atomic mass is 10.1. The molecule has 4 rings (SSSR count). The van der Waals surface area contributed by atoms with Gasteiger partial charge in [0.25, 0.3) is 0 Å². The maximum atomic E-state index is 13.3. The highest BCUT2D eigenvalue weighted by Gasteiger charge is 2.21. The van der Waals surface area contributed by atoms with E-state index in [-0.39, 0.29) is 5.82 Å². The summed E-state index contributed by atoms with van der Waals surface area (Å²) in [6.07, 6.45) is 0. The molecule has 1 fully saturated rings. The van der Waals surface area contributed by atoms with E-state index in [1.54, 1.807) is 12.1 Å². The van der Waals surface area contributed by atoms with Crippen LogP contribution in [0.5, 0.6) is 0 Å². The normalized spacial score (nSPS) is 18.8. The number of fused-ring (bicyclic) bond motifs is 1. The molecule has 1 N–H and O–H groups in total. The van der Waals surface area contributed by atoms with Crippen molar-refractivity contribution in [2.45, 2.75) is 6.54 Å². The molecule has 4 nitrogen and oxygen atoms in total. The summed E-state index contributed by atoms with van der Waals surface area (Å²) in [7, 11) is 2.16. The van der Waals surface area contributed by atoms with Gasteiger partial charge in [0.05, 0.1) is 0 Å². The average molecular weight is 340 g/mol. The predicted octanol–water partition coefficient (Wildman–Crippen LogP) is 2.82. The van der Waals surface area contributed by atoms with Gasteiger partial charge >= 0.3 is 0 Å². The Hall–Kier alpha value is -2.11. The van der Waals surface area contributed by atoms with Gasteiger partial charge < -0.3 is 20.0 Å². The van der Waals surface area contributed by atoms with Crippen LogP contribution in [0.3, 0.4) is 0 Å². The molecule has 0 atom stereocenters. The van der Waals surface area contributed by atoms with Gasteiger partial charge in [0, 0.05) is 62.9 Å². The maximum absolute atomic E-state index is 13.3. The molecule has 0 aromatic heterocycles. The molecule has 0 radical (unpaired) electrons. The smallest absolute Gasteiger partial charge is 0.123 e. The van der Waals surface area contributed by atoms with Gasteiger partial charge in [0.1, 0.15) is 5.82 Å². The number of hydrogen-bond acceptors (Lipinski definition) is 4. The lowest BCUT2D eigenvalue weighted by molar-refractivity contribution is 0.343. The molecule has 132 valence electrons. The Morgan fingerprint density at radius 3 is 2.36 bits per heavy atom. The van der Waals surface area contributed by atoms with E-state index < -0.39 is 0 Å². The number of benzene rings is 2. The Bertz CT molecular complexity index is 725. The molecule has 0 amide bonds. The minimum Gasteiger partial charge on any atom is -0.369 e. The average Bonchev–Trinajstić information content (AvgIpc) is 2.81. The molecule has 1 saturated heterocycles. The number of hydrogen-bond donors (Lipinski definition) is 1. The van der Waals surface area contributed by atoms with Gasteiger partial charge in [-0.1, -0.05) is 0 Å². The minimum atomic E-state index is -0.190. The third-order valence-corrected chi connectivity index (χ3v) is 5.12. The summed E-state index contributed by atoms with van der Waals surface area (Å²) >= 11 is 0. The van der Waals surface area contributed by atoms with E-state index in [9.17, 15) is 4.39 Å². The molecule has 2 aromatic carbocycles. The fourth-order valence-corrected chi connectivity index (χ4v) is 3.73. The largest absolute Gasteiger partial charge is 0.369 e. The summed E-state index contributed by atoms with van der Waals surface area (Å²) in [6, 6.07) is 13.6.